The molecule has 4 heterocycles. The van der Waals surface area contributed by atoms with E-state index < -0.39 is 17.1 Å². The molecule has 2 aromatic carbocycles. The number of carbonyl (C=O) groups is 1. The van der Waals surface area contributed by atoms with E-state index in [2.05, 4.69) is 38.3 Å². The third kappa shape index (κ3) is 6.33. The van der Waals surface area contributed by atoms with Gasteiger partial charge in [-0.2, -0.15) is 10.4 Å². The van der Waals surface area contributed by atoms with Gasteiger partial charge in [0.2, 0.25) is 0 Å². The smallest absolute Gasteiger partial charge is 0.261 e. The van der Waals surface area contributed by atoms with E-state index in [0.29, 0.717) is 34.7 Å². The lowest BCUT2D eigenvalue weighted by Crippen LogP contribution is -2.28. The van der Waals surface area contributed by atoms with Crippen LogP contribution >= 0.6 is 0 Å². The van der Waals surface area contributed by atoms with Crippen molar-refractivity contribution < 1.29 is 9.18 Å². The second-order valence-electron chi connectivity index (χ2n) is 11.9. The fourth-order valence-electron chi connectivity index (χ4n) is 5.22. The zero-order valence-corrected chi connectivity index (χ0v) is 26.7. The van der Waals surface area contributed by atoms with Crippen LogP contribution in [-0.2, 0) is 19.0 Å². The number of hydrogen-bond donors (Lipinski definition) is 1. The summed E-state index contributed by atoms with van der Waals surface area (Å²) >= 11 is 0. The van der Waals surface area contributed by atoms with Crippen molar-refractivity contribution in [1.29, 1.82) is 5.26 Å². The summed E-state index contributed by atoms with van der Waals surface area (Å²) in [5, 5.41) is 17.4. The Morgan fingerprint density at radius 2 is 1.96 bits per heavy atom. The molecule has 0 spiro atoms. The van der Waals surface area contributed by atoms with Gasteiger partial charge in [-0.1, -0.05) is 12.0 Å². The highest BCUT2D eigenvalue weighted by Gasteiger charge is 2.24. The minimum atomic E-state index is -0.811. The monoisotopic (exact) mass is 625 g/mol. The SMILES string of the molecule is Cc1cc(F)c(C(=O)N(C)c2cc(Cn3ccnc3)cc(C(C)(C)C#N)c2)cc1C#Cc1cnc2c(Nc3cnn(C)c3)cccn12. The summed E-state index contributed by atoms with van der Waals surface area (Å²) in [6.45, 7) is 5.89. The number of fused-ring (bicyclic) bond motifs is 1. The van der Waals surface area contributed by atoms with E-state index in [1.807, 2.05) is 72.7 Å². The van der Waals surface area contributed by atoms with Crippen molar-refractivity contribution >= 4 is 28.6 Å². The molecule has 0 aliphatic carbocycles. The molecule has 0 fully saturated rings. The van der Waals surface area contributed by atoms with Gasteiger partial charge in [0.05, 0.1) is 47.1 Å². The van der Waals surface area contributed by atoms with Gasteiger partial charge < -0.3 is 14.8 Å². The molecule has 10 nitrogen and oxygen atoms in total. The second-order valence-corrected chi connectivity index (χ2v) is 11.9. The predicted octanol–water partition coefficient (Wildman–Crippen LogP) is 5.98. The number of halogens is 1. The first-order chi connectivity index (χ1) is 22.5. The van der Waals surface area contributed by atoms with E-state index in [-0.39, 0.29) is 5.56 Å². The van der Waals surface area contributed by atoms with Crippen molar-refractivity contribution in [3.63, 3.8) is 0 Å². The van der Waals surface area contributed by atoms with Crippen LogP contribution in [0.5, 0.6) is 0 Å². The molecule has 47 heavy (non-hydrogen) atoms. The zero-order valence-electron chi connectivity index (χ0n) is 26.7. The van der Waals surface area contributed by atoms with E-state index in [9.17, 15) is 10.1 Å². The van der Waals surface area contributed by atoms with E-state index in [0.717, 1.165) is 22.5 Å². The molecular weight excluding hydrogens is 593 g/mol. The summed E-state index contributed by atoms with van der Waals surface area (Å²) in [5.41, 5.74) is 5.29. The van der Waals surface area contributed by atoms with Crippen LogP contribution in [0, 0.1) is 35.9 Å². The van der Waals surface area contributed by atoms with Crippen LogP contribution in [-0.4, -0.2) is 41.7 Å². The fraction of sp³-hybridized carbons (Fsp3) is 0.194. The van der Waals surface area contributed by atoms with Crippen LogP contribution in [0.2, 0.25) is 0 Å². The number of anilines is 3. The predicted molar refractivity (Wildman–Crippen MR) is 178 cm³/mol. The van der Waals surface area contributed by atoms with Crippen molar-refractivity contribution in [2.75, 3.05) is 17.3 Å². The lowest BCUT2D eigenvalue weighted by atomic mass is 9.85. The summed E-state index contributed by atoms with van der Waals surface area (Å²) in [6, 6.07) is 14.6. The highest BCUT2D eigenvalue weighted by Crippen LogP contribution is 2.30. The second kappa shape index (κ2) is 12.3. The minimum Gasteiger partial charge on any atom is -0.350 e. The number of nitrogens with one attached hydrogen (secondary N) is 1. The molecule has 1 amide bonds. The van der Waals surface area contributed by atoms with Crippen molar-refractivity contribution in [2.24, 2.45) is 7.05 Å². The number of nitrogens with zero attached hydrogens (tertiary/aromatic N) is 8. The maximum absolute atomic E-state index is 15.4. The van der Waals surface area contributed by atoms with Gasteiger partial charge in [-0.25, -0.2) is 14.4 Å². The quantitative estimate of drug-likeness (QED) is 0.219. The number of aromatic nitrogens is 6. The Kier molecular flexibility index (Phi) is 8.06. The Morgan fingerprint density at radius 3 is 2.68 bits per heavy atom. The van der Waals surface area contributed by atoms with E-state index in [1.54, 1.807) is 49.6 Å². The molecule has 6 aromatic rings. The van der Waals surface area contributed by atoms with Crippen LogP contribution in [0.1, 0.15) is 52.2 Å². The molecule has 0 atom stereocenters. The Hall–Kier alpha value is -6.20. The Labute approximate surface area is 271 Å². The molecular formula is C36H32FN9O. The topological polar surface area (TPSA) is 109 Å². The van der Waals surface area contributed by atoms with E-state index in [4.69, 9.17) is 0 Å². The molecule has 6 rings (SSSR count). The molecule has 0 saturated heterocycles. The van der Waals surface area contributed by atoms with Crippen molar-refractivity contribution in [3.8, 4) is 17.9 Å². The highest BCUT2D eigenvalue weighted by molar-refractivity contribution is 6.06. The summed E-state index contributed by atoms with van der Waals surface area (Å²) in [6.07, 6.45) is 12.4. The Balaban J connectivity index is 1.31. The molecule has 11 heteroatoms. The van der Waals surface area contributed by atoms with Crippen molar-refractivity contribution in [3.05, 3.63) is 125 Å². The summed E-state index contributed by atoms with van der Waals surface area (Å²) in [7, 11) is 3.45. The summed E-state index contributed by atoms with van der Waals surface area (Å²) in [4.78, 5) is 23.9. The average molecular weight is 626 g/mol. The van der Waals surface area contributed by atoms with Crippen LogP contribution in [0.15, 0.2) is 86.0 Å². The van der Waals surface area contributed by atoms with Crippen LogP contribution in [0.25, 0.3) is 5.65 Å². The first kappa shape index (κ1) is 30.8. The number of hydrogen-bond acceptors (Lipinski definition) is 6. The van der Waals surface area contributed by atoms with Gasteiger partial charge in [0.15, 0.2) is 5.65 Å². The number of pyridine rings is 1. The molecule has 0 bridgehead atoms. The first-order valence-corrected chi connectivity index (χ1v) is 14.9. The van der Waals surface area contributed by atoms with E-state index >= 15 is 4.39 Å². The fourth-order valence-corrected chi connectivity index (χ4v) is 5.22. The molecule has 234 valence electrons. The third-order valence-corrected chi connectivity index (χ3v) is 7.98. The van der Waals surface area contributed by atoms with Crippen LogP contribution in [0.3, 0.4) is 0 Å². The first-order valence-electron chi connectivity index (χ1n) is 14.9. The lowest BCUT2D eigenvalue weighted by Gasteiger charge is -2.24. The Morgan fingerprint density at radius 1 is 1.13 bits per heavy atom. The normalized spacial score (nSPS) is 11.2. The summed E-state index contributed by atoms with van der Waals surface area (Å²) < 4.78 is 20.9. The summed E-state index contributed by atoms with van der Waals surface area (Å²) in [5.74, 6) is 5.10. The van der Waals surface area contributed by atoms with Crippen molar-refractivity contribution in [1.82, 2.24) is 28.7 Å². The number of benzene rings is 2. The molecule has 0 saturated carbocycles. The minimum absolute atomic E-state index is 0.107. The van der Waals surface area contributed by atoms with Crippen LogP contribution < -0.4 is 10.2 Å². The molecule has 0 radical (unpaired) electrons. The number of amides is 1. The molecule has 0 aliphatic rings. The van der Waals surface area contributed by atoms with Gasteiger partial charge in [-0.3, -0.25) is 13.9 Å². The number of carbonyl (C=O) groups excluding carboxylic acids is 1. The van der Waals surface area contributed by atoms with E-state index in [1.165, 1.54) is 17.0 Å². The highest BCUT2D eigenvalue weighted by atomic mass is 19.1. The van der Waals surface area contributed by atoms with Gasteiger partial charge in [0.1, 0.15) is 11.5 Å². The zero-order chi connectivity index (χ0) is 33.3. The van der Waals surface area contributed by atoms with Gasteiger partial charge in [-0.05, 0) is 79.8 Å². The van der Waals surface area contributed by atoms with Gasteiger partial charge >= 0.3 is 0 Å². The van der Waals surface area contributed by atoms with Crippen molar-refractivity contribution in [2.45, 2.75) is 32.7 Å². The Bertz CT molecular complexity index is 2230. The molecule has 0 unspecified atom stereocenters. The number of aryl methyl sites for hydroxylation is 2. The van der Waals surface area contributed by atoms with Gasteiger partial charge in [0, 0.05) is 56.7 Å². The number of nitriles is 1. The lowest BCUT2D eigenvalue weighted by molar-refractivity contribution is 0.0989. The van der Waals surface area contributed by atoms with Gasteiger partial charge in [-0.15, -0.1) is 0 Å². The molecule has 0 aliphatic heterocycles. The third-order valence-electron chi connectivity index (χ3n) is 7.98. The number of imidazole rings is 2. The van der Waals surface area contributed by atoms with Crippen LogP contribution in [0.4, 0.5) is 21.5 Å². The maximum Gasteiger partial charge on any atom is 0.261 e. The standard InChI is InChI=1S/C36H32FN9O/c1-24-13-32(37)31(35(47)44(5)30-15-25(20-45-12-10-39-23-45)14-27(17-30)36(2,3)22-38)16-26(24)8-9-29-19-40-34-33(7-6-11-46(29)34)42-28-18-41-43(4)21-28/h6-7,10-19,21,23,42H,20H2,1-5H3. The molecule has 1 N–H and O–H groups in total. The van der Waals surface area contributed by atoms with Gasteiger partial charge in [0.25, 0.3) is 5.91 Å². The largest absolute Gasteiger partial charge is 0.350 e. The average Bonchev–Trinajstić information content (AvgIpc) is 3.82. The molecule has 4 aromatic heterocycles. The maximum atomic E-state index is 15.4. The number of rotatable bonds is 7.